The largest absolute Gasteiger partial charge is 0.449 e. The lowest BCUT2D eigenvalue weighted by Crippen LogP contribution is -2.28. The van der Waals surface area contributed by atoms with Gasteiger partial charge < -0.3 is 9.47 Å². The van der Waals surface area contributed by atoms with E-state index in [4.69, 9.17) is 14.5 Å². The average molecular weight is 553 g/mol. The van der Waals surface area contributed by atoms with Gasteiger partial charge in [-0.2, -0.15) is 0 Å². The van der Waals surface area contributed by atoms with Crippen molar-refractivity contribution >= 4 is 11.0 Å². The fourth-order valence-corrected chi connectivity index (χ4v) is 6.77. The van der Waals surface area contributed by atoms with Gasteiger partial charge in [-0.15, -0.1) is 0 Å². The van der Waals surface area contributed by atoms with Gasteiger partial charge in [-0.25, -0.2) is 4.98 Å². The van der Waals surface area contributed by atoms with Crippen molar-refractivity contribution in [3.05, 3.63) is 168 Å². The van der Waals surface area contributed by atoms with Crippen LogP contribution >= 0.6 is 0 Å². The Hall–Kier alpha value is -5.74. The number of hydrogen-bond donors (Lipinski definition) is 0. The lowest BCUT2D eigenvalue weighted by atomic mass is 9.67. The van der Waals surface area contributed by atoms with Crippen molar-refractivity contribution in [3.63, 3.8) is 0 Å². The van der Waals surface area contributed by atoms with Crippen LogP contribution in [0.3, 0.4) is 0 Å². The van der Waals surface area contributed by atoms with E-state index in [9.17, 15) is 0 Å². The number of para-hydroxylation sites is 2. The van der Waals surface area contributed by atoms with Crippen LogP contribution in [0, 0.1) is 0 Å². The highest BCUT2D eigenvalue weighted by molar-refractivity contribution is 5.88. The Morgan fingerprint density at radius 3 is 1.88 bits per heavy atom. The van der Waals surface area contributed by atoms with E-state index in [1.807, 2.05) is 42.5 Å². The number of aromatic nitrogens is 2. The molecule has 0 amide bonds. The Bertz CT molecular complexity index is 2150. The number of nitrogens with zero attached hydrogens (tertiary/aromatic N) is 2. The third-order valence-corrected chi connectivity index (χ3v) is 8.65. The molecule has 1 aliphatic carbocycles. The maximum Gasteiger partial charge on any atom is 0.170 e. The highest BCUT2D eigenvalue weighted by atomic mass is 16.6. The van der Waals surface area contributed by atoms with Crippen molar-refractivity contribution in [3.8, 4) is 45.4 Å². The van der Waals surface area contributed by atoms with Gasteiger partial charge in [0.2, 0.25) is 0 Å². The SMILES string of the molecule is c1ccc(C2(c3ccccc3)c3ccccc3-c3cc4c(cc32)Oc2cc(-c3cnc5ccccc5n3)ccc2O4)cc1. The molecule has 1 aliphatic heterocycles. The molecule has 1 aromatic heterocycles. The van der Waals surface area contributed by atoms with Gasteiger partial charge in [0, 0.05) is 5.56 Å². The first-order chi connectivity index (χ1) is 21.3. The van der Waals surface area contributed by atoms with E-state index < -0.39 is 5.41 Å². The van der Waals surface area contributed by atoms with E-state index in [0.717, 1.165) is 27.9 Å². The number of hydrogen-bond acceptors (Lipinski definition) is 4. The highest BCUT2D eigenvalue weighted by Gasteiger charge is 2.47. The Morgan fingerprint density at radius 2 is 1.09 bits per heavy atom. The van der Waals surface area contributed by atoms with Gasteiger partial charge in [-0.1, -0.05) is 97.1 Å². The molecule has 2 heterocycles. The Kier molecular flexibility index (Phi) is 5.08. The summed E-state index contributed by atoms with van der Waals surface area (Å²) in [6, 6.07) is 48.4. The van der Waals surface area contributed by atoms with Crippen LogP contribution in [-0.4, -0.2) is 9.97 Å². The molecule has 0 saturated heterocycles. The number of rotatable bonds is 3. The van der Waals surface area contributed by atoms with Gasteiger partial charge in [0.05, 0.1) is 28.3 Å². The van der Waals surface area contributed by atoms with Crippen molar-refractivity contribution in [2.75, 3.05) is 0 Å². The fourth-order valence-electron chi connectivity index (χ4n) is 6.77. The summed E-state index contributed by atoms with van der Waals surface area (Å²) in [4.78, 5) is 9.44. The van der Waals surface area contributed by atoms with Crippen LogP contribution in [0.4, 0.5) is 0 Å². The summed E-state index contributed by atoms with van der Waals surface area (Å²) in [5.41, 5.74) is 10.1. The minimum atomic E-state index is -0.504. The average Bonchev–Trinajstić information content (AvgIpc) is 3.36. The van der Waals surface area contributed by atoms with Gasteiger partial charge in [0.1, 0.15) is 0 Å². The molecule has 0 N–H and O–H groups in total. The number of benzene rings is 6. The second-order valence-corrected chi connectivity index (χ2v) is 11.0. The quantitative estimate of drug-likeness (QED) is 0.219. The molecule has 0 fully saturated rings. The topological polar surface area (TPSA) is 44.2 Å². The molecule has 0 bridgehead atoms. The fraction of sp³-hybridized carbons (Fsp3) is 0.0256. The van der Waals surface area contributed by atoms with Gasteiger partial charge in [-0.05, 0) is 75.8 Å². The molecule has 2 aliphatic rings. The summed E-state index contributed by atoms with van der Waals surface area (Å²) in [7, 11) is 0. The molecule has 7 aromatic rings. The van der Waals surface area contributed by atoms with Crippen molar-refractivity contribution in [2.24, 2.45) is 0 Å². The van der Waals surface area contributed by atoms with E-state index in [2.05, 4.69) is 102 Å². The normalized spacial score (nSPS) is 13.7. The maximum absolute atomic E-state index is 6.64. The molecule has 0 saturated carbocycles. The van der Waals surface area contributed by atoms with Crippen LogP contribution in [0.5, 0.6) is 23.0 Å². The molecule has 0 spiro atoms. The molecular formula is C39H24N2O2. The van der Waals surface area contributed by atoms with Crippen LogP contribution in [0.25, 0.3) is 33.4 Å². The molecule has 0 atom stereocenters. The summed E-state index contributed by atoms with van der Waals surface area (Å²) < 4.78 is 13.1. The van der Waals surface area contributed by atoms with E-state index in [1.54, 1.807) is 6.20 Å². The molecule has 4 nitrogen and oxygen atoms in total. The first-order valence-electron chi connectivity index (χ1n) is 14.4. The van der Waals surface area contributed by atoms with Gasteiger partial charge in [0.25, 0.3) is 0 Å². The zero-order chi connectivity index (χ0) is 28.4. The molecule has 4 heteroatoms. The lowest BCUT2D eigenvalue weighted by Gasteiger charge is -2.34. The predicted molar refractivity (Wildman–Crippen MR) is 169 cm³/mol. The van der Waals surface area contributed by atoms with Crippen LogP contribution in [-0.2, 0) is 5.41 Å². The summed E-state index contributed by atoms with van der Waals surface area (Å²) in [6.45, 7) is 0. The van der Waals surface area contributed by atoms with Gasteiger partial charge in [-0.3, -0.25) is 4.98 Å². The molecule has 0 unspecified atom stereocenters. The second-order valence-electron chi connectivity index (χ2n) is 11.0. The molecule has 202 valence electrons. The lowest BCUT2D eigenvalue weighted by molar-refractivity contribution is 0.359. The molecule has 9 rings (SSSR count). The molecule has 43 heavy (non-hydrogen) atoms. The Balaban J connectivity index is 1.22. The van der Waals surface area contributed by atoms with E-state index in [0.29, 0.717) is 23.0 Å². The molecule has 6 aromatic carbocycles. The molecular weight excluding hydrogens is 528 g/mol. The first-order valence-corrected chi connectivity index (χ1v) is 14.4. The third-order valence-electron chi connectivity index (χ3n) is 8.65. The van der Waals surface area contributed by atoms with E-state index >= 15 is 0 Å². The number of ether oxygens (including phenoxy) is 2. The summed E-state index contributed by atoms with van der Waals surface area (Å²) >= 11 is 0. The highest BCUT2D eigenvalue weighted by Crippen LogP contribution is 2.59. The van der Waals surface area contributed by atoms with Crippen LogP contribution < -0.4 is 9.47 Å². The smallest absolute Gasteiger partial charge is 0.170 e. The van der Waals surface area contributed by atoms with Crippen molar-refractivity contribution in [1.29, 1.82) is 0 Å². The van der Waals surface area contributed by atoms with E-state index in [-0.39, 0.29) is 0 Å². The summed E-state index contributed by atoms with van der Waals surface area (Å²) in [5.74, 6) is 2.72. The van der Waals surface area contributed by atoms with Crippen molar-refractivity contribution in [2.45, 2.75) is 5.41 Å². The first kappa shape index (κ1) is 23.9. The summed E-state index contributed by atoms with van der Waals surface area (Å²) in [6.07, 6.45) is 1.81. The molecule has 0 radical (unpaired) electrons. The van der Waals surface area contributed by atoms with Crippen molar-refractivity contribution in [1.82, 2.24) is 9.97 Å². The van der Waals surface area contributed by atoms with Crippen LogP contribution in [0.2, 0.25) is 0 Å². The second kappa shape index (κ2) is 9.13. The van der Waals surface area contributed by atoms with Crippen LogP contribution in [0.15, 0.2) is 146 Å². The van der Waals surface area contributed by atoms with Crippen LogP contribution in [0.1, 0.15) is 22.3 Å². The standard InChI is InChI=1S/C39H24N2O2/c1-3-11-26(12-4-1)39(27-13-5-2-6-14-27)30-16-8-7-15-28(30)29-22-37-38(23-31(29)39)43-36-21-25(19-20-35(36)42-37)34-24-40-32-17-9-10-18-33(32)41-34/h1-24H. The zero-order valence-corrected chi connectivity index (χ0v) is 23.1. The Morgan fingerprint density at radius 1 is 0.465 bits per heavy atom. The predicted octanol–water partition coefficient (Wildman–Crippen LogP) is 9.56. The number of fused-ring (bicyclic) bond motifs is 6. The summed E-state index contributed by atoms with van der Waals surface area (Å²) in [5, 5.41) is 0. The third kappa shape index (κ3) is 3.50. The van der Waals surface area contributed by atoms with E-state index in [1.165, 1.54) is 27.8 Å². The Labute approximate surface area is 248 Å². The van der Waals surface area contributed by atoms with Gasteiger partial charge in [0.15, 0.2) is 23.0 Å². The maximum atomic E-state index is 6.64. The zero-order valence-electron chi connectivity index (χ0n) is 23.1. The minimum Gasteiger partial charge on any atom is -0.449 e. The van der Waals surface area contributed by atoms with Gasteiger partial charge >= 0.3 is 0 Å². The monoisotopic (exact) mass is 552 g/mol. The van der Waals surface area contributed by atoms with Crippen molar-refractivity contribution < 1.29 is 9.47 Å². The minimum absolute atomic E-state index is 0.504.